The van der Waals surface area contributed by atoms with Gasteiger partial charge in [0.05, 0.1) is 4.91 Å². The molecule has 0 aliphatic carbocycles. The van der Waals surface area contributed by atoms with E-state index in [2.05, 4.69) is 36.2 Å². The van der Waals surface area contributed by atoms with Gasteiger partial charge in [0.1, 0.15) is 4.32 Å². The fraction of sp³-hybridized carbons (Fsp3) is 0.318. The van der Waals surface area contributed by atoms with E-state index in [1.54, 1.807) is 4.90 Å². The summed E-state index contributed by atoms with van der Waals surface area (Å²) in [4.78, 5) is 27.7. The normalized spacial score (nSPS) is 18.8. The second-order valence-electron chi connectivity index (χ2n) is 6.80. The Hall–Kier alpha value is -2.38. The van der Waals surface area contributed by atoms with Crippen molar-refractivity contribution in [2.75, 3.05) is 18.0 Å². The van der Waals surface area contributed by atoms with E-state index >= 15 is 0 Å². The lowest BCUT2D eigenvalue weighted by Gasteiger charge is -2.26. The number of thiocarbonyl (C=S) groups is 1. The first-order valence-electron chi connectivity index (χ1n) is 9.73. The van der Waals surface area contributed by atoms with Gasteiger partial charge in [0.2, 0.25) is 0 Å². The molecule has 0 bridgehead atoms. The largest absolute Gasteiger partial charge is 0.481 e. The maximum absolute atomic E-state index is 12.7. The average molecular weight is 429 g/mol. The number of amides is 1. The monoisotopic (exact) mass is 428 g/mol. The number of aliphatic carboxylic acids is 1. The SMILES string of the molecule is CCN1C=CC(=CC=C2SC(=S)N(CCCCCC(=O)O)C2=O)c2ccccc21. The molecule has 5 nitrogen and oxygen atoms in total. The zero-order valence-corrected chi connectivity index (χ0v) is 18.0. The molecule has 0 aromatic heterocycles. The van der Waals surface area contributed by atoms with Crippen molar-refractivity contribution in [1.29, 1.82) is 0 Å². The van der Waals surface area contributed by atoms with Gasteiger partial charge in [-0.25, -0.2) is 0 Å². The first-order chi connectivity index (χ1) is 14.0. The van der Waals surface area contributed by atoms with E-state index in [1.165, 1.54) is 11.8 Å². The zero-order valence-electron chi connectivity index (χ0n) is 16.3. The molecule has 2 aliphatic heterocycles. The summed E-state index contributed by atoms with van der Waals surface area (Å²) in [6.45, 7) is 3.54. The summed E-state index contributed by atoms with van der Waals surface area (Å²) in [5, 5.41) is 8.69. The Kier molecular flexibility index (Phi) is 7.28. The number of allylic oxidation sites excluding steroid dienone is 4. The standard InChI is InChI=1S/C22H24N2O3S2/c1-2-23-15-13-16(17-8-5-6-9-18(17)23)11-12-19-21(27)24(22(28)29-19)14-7-3-4-10-20(25)26/h5-6,8-9,11-13,15H,2-4,7,10,14H2,1H3,(H,25,26). The Labute approximate surface area is 180 Å². The molecule has 2 heterocycles. The number of hydrogen-bond donors (Lipinski definition) is 1. The van der Waals surface area contributed by atoms with Gasteiger partial charge in [0, 0.05) is 37.0 Å². The summed E-state index contributed by atoms with van der Waals surface area (Å²) < 4.78 is 0.564. The summed E-state index contributed by atoms with van der Waals surface area (Å²) in [6.07, 6.45) is 10.2. The van der Waals surface area contributed by atoms with Crippen LogP contribution in [0, 0.1) is 0 Å². The number of thioether (sulfide) groups is 1. The van der Waals surface area contributed by atoms with Crippen molar-refractivity contribution >= 4 is 51.4 Å². The third-order valence-electron chi connectivity index (χ3n) is 4.86. The number of fused-ring (bicyclic) bond motifs is 1. The molecule has 7 heteroatoms. The number of carboxylic acid groups (broad SMARTS) is 1. The molecule has 1 N–H and O–H groups in total. The van der Waals surface area contributed by atoms with Crippen LogP contribution in [0.4, 0.5) is 5.69 Å². The number of carbonyl (C=O) groups is 2. The minimum Gasteiger partial charge on any atom is -0.481 e. The van der Waals surface area contributed by atoms with Crippen LogP contribution in [0.5, 0.6) is 0 Å². The maximum atomic E-state index is 12.7. The molecule has 1 aromatic rings. The van der Waals surface area contributed by atoms with E-state index in [0.29, 0.717) is 22.2 Å². The lowest BCUT2D eigenvalue weighted by molar-refractivity contribution is -0.137. The van der Waals surface area contributed by atoms with Gasteiger partial charge >= 0.3 is 5.97 Å². The highest BCUT2D eigenvalue weighted by atomic mass is 32.2. The summed E-state index contributed by atoms with van der Waals surface area (Å²) in [6, 6.07) is 8.23. The average Bonchev–Trinajstić information content (AvgIpc) is 2.98. The molecular formula is C22H24N2O3S2. The van der Waals surface area contributed by atoms with E-state index in [1.807, 2.05) is 24.3 Å². The highest BCUT2D eigenvalue weighted by molar-refractivity contribution is 8.26. The minimum atomic E-state index is -0.785. The summed E-state index contributed by atoms with van der Waals surface area (Å²) in [7, 11) is 0. The van der Waals surface area contributed by atoms with Crippen molar-refractivity contribution in [3.05, 3.63) is 59.2 Å². The first-order valence-corrected chi connectivity index (χ1v) is 11.0. The Morgan fingerprint density at radius 1 is 1.21 bits per heavy atom. The predicted octanol–water partition coefficient (Wildman–Crippen LogP) is 4.81. The first kappa shape index (κ1) is 21.3. The Balaban J connectivity index is 1.68. The van der Waals surface area contributed by atoms with E-state index in [0.717, 1.165) is 36.2 Å². The Bertz CT molecular complexity index is 905. The summed E-state index contributed by atoms with van der Waals surface area (Å²) in [5.41, 5.74) is 3.36. The van der Waals surface area contributed by atoms with Crippen LogP contribution in [0.1, 0.15) is 38.2 Å². The van der Waals surface area contributed by atoms with Crippen LogP contribution in [0.3, 0.4) is 0 Å². The second-order valence-corrected chi connectivity index (χ2v) is 8.48. The quantitative estimate of drug-likeness (QED) is 0.364. The number of carbonyl (C=O) groups excluding carboxylic acids is 1. The molecule has 152 valence electrons. The fourth-order valence-electron chi connectivity index (χ4n) is 3.32. The number of hydrogen-bond acceptors (Lipinski definition) is 5. The summed E-state index contributed by atoms with van der Waals surface area (Å²) in [5.74, 6) is -0.856. The second kappa shape index (κ2) is 9.89. The zero-order chi connectivity index (χ0) is 20.8. The predicted molar refractivity (Wildman–Crippen MR) is 123 cm³/mol. The van der Waals surface area contributed by atoms with E-state index < -0.39 is 5.97 Å². The third kappa shape index (κ3) is 5.16. The Morgan fingerprint density at radius 2 is 2.00 bits per heavy atom. The third-order valence-corrected chi connectivity index (χ3v) is 6.26. The molecule has 2 aliphatic rings. The van der Waals surface area contributed by atoms with Crippen LogP contribution in [-0.4, -0.2) is 39.3 Å². The maximum Gasteiger partial charge on any atom is 0.303 e. The lowest BCUT2D eigenvalue weighted by Crippen LogP contribution is -2.29. The highest BCUT2D eigenvalue weighted by Gasteiger charge is 2.31. The lowest BCUT2D eigenvalue weighted by atomic mass is 9.99. The van der Waals surface area contributed by atoms with E-state index in [4.69, 9.17) is 17.3 Å². The molecule has 1 fully saturated rings. The van der Waals surface area contributed by atoms with Crippen molar-refractivity contribution in [3.8, 4) is 0 Å². The van der Waals surface area contributed by atoms with Crippen LogP contribution in [0.2, 0.25) is 0 Å². The van der Waals surface area contributed by atoms with Gasteiger partial charge in [-0.2, -0.15) is 0 Å². The van der Waals surface area contributed by atoms with Crippen molar-refractivity contribution in [1.82, 2.24) is 4.90 Å². The fourth-order valence-corrected chi connectivity index (χ4v) is 4.57. The van der Waals surface area contributed by atoms with Crippen LogP contribution < -0.4 is 4.90 Å². The molecule has 1 saturated heterocycles. The number of unbranched alkanes of at least 4 members (excludes halogenated alkanes) is 2. The molecule has 0 atom stereocenters. The van der Waals surface area contributed by atoms with Crippen LogP contribution in [-0.2, 0) is 9.59 Å². The molecule has 3 rings (SSSR count). The molecule has 0 unspecified atom stereocenters. The summed E-state index contributed by atoms with van der Waals surface area (Å²) >= 11 is 6.69. The van der Waals surface area contributed by atoms with Crippen molar-refractivity contribution in [2.45, 2.75) is 32.6 Å². The smallest absolute Gasteiger partial charge is 0.303 e. The molecule has 0 radical (unpaired) electrons. The van der Waals surface area contributed by atoms with Gasteiger partial charge in [-0.15, -0.1) is 0 Å². The minimum absolute atomic E-state index is 0.0710. The number of carboxylic acids is 1. The van der Waals surface area contributed by atoms with Gasteiger partial charge in [-0.1, -0.05) is 54.7 Å². The van der Waals surface area contributed by atoms with Gasteiger partial charge in [0.25, 0.3) is 5.91 Å². The molecule has 0 spiro atoms. The molecule has 1 amide bonds. The van der Waals surface area contributed by atoms with Gasteiger partial charge < -0.3 is 10.0 Å². The van der Waals surface area contributed by atoms with E-state index in [9.17, 15) is 9.59 Å². The molecule has 0 saturated carbocycles. The molecule has 29 heavy (non-hydrogen) atoms. The van der Waals surface area contributed by atoms with Gasteiger partial charge in [-0.3, -0.25) is 14.5 Å². The van der Waals surface area contributed by atoms with E-state index in [-0.39, 0.29) is 12.3 Å². The number of nitrogens with zero attached hydrogens (tertiary/aromatic N) is 2. The number of para-hydroxylation sites is 1. The highest BCUT2D eigenvalue weighted by Crippen LogP contribution is 2.35. The van der Waals surface area contributed by atoms with Gasteiger partial charge in [0.15, 0.2) is 0 Å². The van der Waals surface area contributed by atoms with Crippen molar-refractivity contribution in [2.24, 2.45) is 0 Å². The van der Waals surface area contributed by atoms with Crippen LogP contribution in [0.15, 0.2) is 53.6 Å². The van der Waals surface area contributed by atoms with Crippen molar-refractivity contribution < 1.29 is 14.7 Å². The van der Waals surface area contributed by atoms with Crippen molar-refractivity contribution in [3.63, 3.8) is 0 Å². The number of anilines is 1. The topological polar surface area (TPSA) is 60.9 Å². The molecule has 1 aromatic carbocycles. The van der Waals surface area contributed by atoms with Crippen LogP contribution >= 0.6 is 24.0 Å². The van der Waals surface area contributed by atoms with Gasteiger partial charge in [-0.05, 0) is 43.6 Å². The number of rotatable bonds is 8. The number of benzene rings is 1. The van der Waals surface area contributed by atoms with Crippen LogP contribution in [0.25, 0.3) is 5.57 Å². The molecular weight excluding hydrogens is 404 g/mol. The Morgan fingerprint density at radius 3 is 2.76 bits per heavy atom.